The van der Waals surface area contributed by atoms with E-state index in [1.54, 1.807) is 6.07 Å². The van der Waals surface area contributed by atoms with Crippen LogP contribution in [0.2, 0.25) is 0 Å². The molecule has 3 unspecified atom stereocenters. The monoisotopic (exact) mass is 602 g/mol. The van der Waals surface area contributed by atoms with Crippen LogP contribution in [0.3, 0.4) is 0 Å². The first-order valence-corrected chi connectivity index (χ1v) is 15.2. The molecule has 2 aromatic rings. The smallest absolute Gasteiger partial charge is 0.387 e. The number of hydrogen-bond acceptors (Lipinski definition) is 11. The minimum Gasteiger partial charge on any atom is -0.387 e. The summed E-state index contributed by atoms with van der Waals surface area (Å²) < 4.78 is 52.7. The Kier molecular flexibility index (Phi) is 9.49. The molecule has 17 nitrogen and oxygen atoms in total. The Labute approximate surface area is 213 Å². The van der Waals surface area contributed by atoms with Crippen molar-refractivity contribution in [3.05, 3.63) is 68.5 Å². The van der Waals surface area contributed by atoms with E-state index >= 15 is 0 Å². The van der Waals surface area contributed by atoms with Crippen molar-refractivity contribution in [1.29, 1.82) is 0 Å². The molecule has 1 saturated heterocycles. The third-order valence-corrected chi connectivity index (χ3v) is 9.19. The minimum atomic E-state index is -5.77. The number of aliphatic hydroxyl groups is 2. The zero-order valence-corrected chi connectivity index (χ0v) is 22.2. The molecule has 20 heteroatoms. The molecule has 0 aliphatic carbocycles. The second-order valence-electron chi connectivity index (χ2n) is 8.10. The first-order chi connectivity index (χ1) is 17.5. The molecule has 0 radical (unpaired) electrons. The highest BCUT2D eigenvalue weighted by Crippen LogP contribution is 2.66. The van der Waals surface area contributed by atoms with Gasteiger partial charge in [0.05, 0.1) is 6.61 Å². The van der Waals surface area contributed by atoms with Gasteiger partial charge in [0.15, 0.2) is 6.23 Å². The fourth-order valence-electron chi connectivity index (χ4n) is 3.62. The van der Waals surface area contributed by atoms with Gasteiger partial charge in [0.1, 0.15) is 18.3 Å². The molecule has 1 aliphatic rings. The largest absolute Gasteiger partial charge is 0.490 e. The fourth-order valence-corrected chi connectivity index (χ4v) is 6.65. The topological polar surface area (TPSA) is 254 Å². The maximum Gasteiger partial charge on any atom is 0.490 e. The van der Waals surface area contributed by atoms with Gasteiger partial charge in [-0.3, -0.25) is 18.5 Å². The minimum absolute atomic E-state index is 0.00972. The average molecular weight is 602 g/mol. The molecule has 0 amide bonds. The predicted octanol–water partition coefficient (Wildman–Crippen LogP) is -0.476. The van der Waals surface area contributed by atoms with E-state index in [1.807, 2.05) is 25.1 Å². The average Bonchev–Trinajstić information content (AvgIpc) is 3.05. The zero-order valence-electron chi connectivity index (χ0n) is 19.5. The maximum absolute atomic E-state index is 13.0. The summed E-state index contributed by atoms with van der Waals surface area (Å²) in [5.74, 6) is 0. The molecule has 6 atom stereocenters. The van der Waals surface area contributed by atoms with Crippen molar-refractivity contribution < 1.29 is 61.4 Å². The lowest BCUT2D eigenvalue weighted by Gasteiger charge is -2.19. The van der Waals surface area contributed by atoms with E-state index in [1.165, 1.54) is 0 Å². The van der Waals surface area contributed by atoms with Crippen molar-refractivity contribution in [3.63, 3.8) is 0 Å². The molecule has 1 aliphatic heterocycles. The van der Waals surface area contributed by atoms with Crippen LogP contribution in [0.1, 0.15) is 17.4 Å². The van der Waals surface area contributed by atoms with Gasteiger partial charge < -0.3 is 34.5 Å². The standard InChI is InChI=1S/C18H25N2O15P3/c1-11-4-2-3-5-12(11)6-8-19-14(21)7-9-20(18(19)24)17-16(23)15(22)13(33-17)10-32-37(28,29)35-38(30,31)34-36(25,26)27/h2-5,7,9,13,15-17,22-23H,6,8,10H2,1H3,(H,28,29)(H,30,31)(H2,25,26,27)/t13-,15+,16?,17-/m1/s1. The van der Waals surface area contributed by atoms with Crippen LogP contribution in [0.15, 0.2) is 46.1 Å². The van der Waals surface area contributed by atoms with Crippen LogP contribution in [0.25, 0.3) is 0 Å². The molecular formula is C18H25N2O15P3. The molecule has 0 saturated carbocycles. The summed E-state index contributed by atoms with van der Waals surface area (Å²) >= 11 is 0. The third-order valence-electron chi connectivity index (χ3n) is 5.39. The van der Waals surface area contributed by atoms with Crippen molar-refractivity contribution >= 4 is 23.5 Å². The highest BCUT2D eigenvalue weighted by Gasteiger charge is 2.46. The Morgan fingerprint density at radius 3 is 2.24 bits per heavy atom. The summed E-state index contributed by atoms with van der Waals surface area (Å²) in [6.07, 6.45) is -5.40. The SMILES string of the molecule is Cc1ccccc1CCn1c(=O)ccn([C@@H]2O[C@H](COP(=O)(O)OP(=O)(O)OP(=O)(O)O)[C@H](O)C2O)c1=O. The number of rotatable bonds is 11. The van der Waals surface area contributed by atoms with Gasteiger partial charge >= 0.3 is 29.2 Å². The number of phosphoric ester groups is 1. The van der Waals surface area contributed by atoms with Crippen LogP contribution in [-0.2, 0) is 44.5 Å². The van der Waals surface area contributed by atoms with Crippen LogP contribution in [0.5, 0.6) is 0 Å². The molecular weight excluding hydrogens is 577 g/mol. The highest BCUT2D eigenvalue weighted by atomic mass is 31.3. The van der Waals surface area contributed by atoms with Gasteiger partial charge in [-0.2, -0.15) is 8.62 Å². The predicted molar refractivity (Wildman–Crippen MR) is 126 cm³/mol. The van der Waals surface area contributed by atoms with Crippen molar-refractivity contribution in [2.75, 3.05) is 6.61 Å². The van der Waals surface area contributed by atoms with E-state index in [9.17, 15) is 43.3 Å². The molecule has 212 valence electrons. The highest BCUT2D eigenvalue weighted by molar-refractivity contribution is 7.66. The van der Waals surface area contributed by atoms with Crippen molar-refractivity contribution in [1.82, 2.24) is 9.13 Å². The van der Waals surface area contributed by atoms with E-state index < -0.39 is 65.9 Å². The molecule has 1 aromatic heterocycles. The van der Waals surface area contributed by atoms with Crippen molar-refractivity contribution in [2.45, 2.75) is 44.4 Å². The van der Waals surface area contributed by atoms with Gasteiger partial charge in [-0.05, 0) is 24.5 Å². The number of phosphoric acid groups is 3. The maximum atomic E-state index is 13.0. The van der Waals surface area contributed by atoms with Crippen molar-refractivity contribution in [3.8, 4) is 0 Å². The summed E-state index contributed by atoms with van der Waals surface area (Å²) in [4.78, 5) is 61.2. The van der Waals surface area contributed by atoms with Gasteiger partial charge in [-0.1, -0.05) is 24.3 Å². The van der Waals surface area contributed by atoms with Crippen LogP contribution < -0.4 is 11.2 Å². The molecule has 1 aromatic carbocycles. The van der Waals surface area contributed by atoms with Crippen LogP contribution >= 0.6 is 23.5 Å². The molecule has 0 bridgehead atoms. The second-order valence-corrected chi connectivity index (χ2v) is 12.5. The van der Waals surface area contributed by atoms with Crippen LogP contribution in [0.4, 0.5) is 0 Å². The summed E-state index contributed by atoms with van der Waals surface area (Å²) in [7, 11) is -16.9. The van der Waals surface area contributed by atoms with Gasteiger partial charge in [0, 0.05) is 18.8 Å². The van der Waals surface area contributed by atoms with E-state index in [2.05, 4.69) is 13.1 Å². The Balaban J connectivity index is 1.72. The molecule has 2 heterocycles. The summed E-state index contributed by atoms with van der Waals surface area (Å²) in [5, 5.41) is 20.7. The Hall–Kier alpha value is -1.81. The number of ether oxygens (including phenoxy) is 1. The Morgan fingerprint density at radius 2 is 1.61 bits per heavy atom. The first-order valence-electron chi connectivity index (χ1n) is 10.7. The first kappa shape index (κ1) is 30.7. The van der Waals surface area contributed by atoms with Gasteiger partial charge in [0.2, 0.25) is 0 Å². The normalized spacial score (nSPS) is 25.1. The number of nitrogens with zero attached hydrogens (tertiary/aromatic N) is 2. The molecule has 3 rings (SSSR count). The number of hydrogen-bond donors (Lipinski definition) is 6. The van der Waals surface area contributed by atoms with E-state index in [-0.39, 0.29) is 6.54 Å². The lowest BCUT2D eigenvalue weighted by Crippen LogP contribution is -2.43. The van der Waals surface area contributed by atoms with Crippen LogP contribution in [-0.4, -0.2) is 63.8 Å². The Bertz CT molecular complexity index is 1420. The molecule has 6 N–H and O–H groups in total. The molecule has 38 heavy (non-hydrogen) atoms. The second kappa shape index (κ2) is 11.7. The molecule has 1 fully saturated rings. The van der Waals surface area contributed by atoms with E-state index in [4.69, 9.17) is 14.5 Å². The van der Waals surface area contributed by atoms with Gasteiger partial charge in [-0.15, -0.1) is 0 Å². The van der Waals surface area contributed by atoms with Gasteiger partial charge in [0.25, 0.3) is 5.56 Å². The third kappa shape index (κ3) is 7.87. The number of aromatic nitrogens is 2. The lowest BCUT2D eigenvalue weighted by molar-refractivity contribution is -0.0548. The van der Waals surface area contributed by atoms with Crippen molar-refractivity contribution in [2.24, 2.45) is 0 Å². The van der Waals surface area contributed by atoms with Crippen LogP contribution in [0, 0.1) is 6.92 Å². The van der Waals surface area contributed by atoms with E-state index in [0.717, 1.165) is 32.5 Å². The number of benzene rings is 1. The fraction of sp³-hybridized carbons (Fsp3) is 0.444. The summed E-state index contributed by atoms with van der Waals surface area (Å²) in [6.45, 7) is 0.804. The number of aliphatic hydroxyl groups excluding tert-OH is 2. The summed E-state index contributed by atoms with van der Waals surface area (Å²) in [6, 6.07) is 8.39. The summed E-state index contributed by atoms with van der Waals surface area (Å²) in [5.41, 5.74) is 0.342. The quantitative estimate of drug-likeness (QED) is 0.178. The van der Waals surface area contributed by atoms with E-state index in [0.29, 0.717) is 6.42 Å². The Morgan fingerprint density at radius 1 is 0.947 bits per heavy atom. The van der Waals surface area contributed by atoms with Gasteiger partial charge in [-0.25, -0.2) is 18.5 Å². The molecule has 0 spiro atoms. The number of aryl methyl sites for hydroxylation is 2. The lowest BCUT2D eigenvalue weighted by atomic mass is 10.1. The zero-order chi connectivity index (χ0) is 28.5.